The number of hydrogen-bond acceptors (Lipinski definition) is 4. The second-order valence-corrected chi connectivity index (χ2v) is 6.60. The van der Waals surface area contributed by atoms with Crippen molar-refractivity contribution >= 4 is 23.5 Å². The predicted octanol–water partition coefficient (Wildman–Crippen LogP) is 2.32. The molecule has 152 valence electrons. The van der Waals surface area contributed by atoms with Crippen LogP contribution < -0.4 is 10.2 Å². The van der Waals surface area contributed by atoms with Crippen molar-refractivity contribution in [1.29, 1.82) is 0 Å². The van der Waals surface area contributed by atoms with Gasteiger partial charge in [0.25, 0.3) is 5.91 Å². The molecule has 0 aliphatic carbocycles. The van der Waals surface area contributed by atoms with Gasteiger partial charge in [0.05, 0.1) is 18.7 Å². The first-order valence-electron chi connectivity index (χ1n) is 9.21. The monoisotopic (exact) mass is 399 g/mol. The second-order valence-electron chi connectivity index (χ2n) is 6.60. The zero-order valence-electron chi connectivity index (χ0n) is 16.0. The van der Waals surface area contributed by atoms with Gasteiger partial charge in [-0.1, -0.05) is 30.3 Å². The Hall–Kier alpha value is -3.26. The number of carbonyl (C=O) groups excluding carboxylic acids is 3. The lowest BCUT2D eigenvalue weighted by Gasteiger charge is -2.21. The van der Waals surface area contributed by atoms with E-state index >= 15 is 0 Å². The van der Waals surface area contributed by atoms with E-state index in [9.17, 15) is 18.8 Å². The Morgan fingerprint density at radius 2 is 1.79 bits per heavy atom. The summed E-state index contributed by atoms with van der Waals surface area (Å²) in [5.74, 6) is -1.34. The van der Waals surface area contributed by atoms with Crippen LogP contribution in [0.15, 0.2) is 54.6 Å². The third-order valence-corrected chi connectivity index (χ3v) is 4.65. The van der Waals surface area contributed by atoms with Crippen molar-refractivity contribution in [3.8, 4) is 0 Å². The fraction of sp³-hybridized carbons (Fsp3) is 0.286. The molecular formula is C21H22FN3O4. The number of ether oxygens (including phenoxy) is 1. The van der Waals surface area contributed by atoms with Crippen molar-refractivity contribution < 1.29 is 23.5 Å². The van der Waals surface area contributed by atoms with E-state index in [4.69, 9.17) is 4.74 Å². The molecule has 0 bridgehead atoms. The van der Waals surface area contributed by atoms with Gasteiger partial charge in [-0.05, 0) is 29.8 Å². The van der Waals surface area contributed by atoms with E-state index in [0.29, 0.717) is 6.54 Å². The van der Waals surface area contributed by atoms with Gasteiger partial charge in [0, 0.05) is 20.2 Å². The highest BCUT2D eigenvalue weighted by Gasteiger charge is 2.46. The fourth-order valence-corrected chi connectivity index (χ4v) is 3.15. The number of methoxy groups -OCH3 is 1. The number of anilines is 1. The summed E-state index contributed by atoms with van der Waals surface area (Å²) in [4.78, 5) is 40.5. The third-order valence-electron chi connectivity index (χ3n) is 4.65. The Morgan fingerprint density at radius 1 is 1.10 bits per heavy atom. The topological polar surface area (TPSA) is 79.0 Å². The van der Waals surface area contributed by atoms with E-state index in [1.807, 2.05) is 30.3 Å². The van der Waals surface area contributed by atoms with Gasteiger partial charge in [0.2, 0.25) is 5.91 Å². The number of imide groups is 1. The summed E-state index contributed by atoms with van der Waals surface area (Å²) in [6.45, 7) is 0.710. The lowest BCUT2D eigenvalue weighted by atomic mass is 10.1. The summed E-state index contributed by atoms with van der Waals surface area (Å²) in [7, 11) is 1.49. The largest absolute Gasteiger partial charge is 0.383 e. The quantitative estimate of drug-likeness (QED) is 0.691. The number of carbonyl (C=O) groups is 3. The Kier molecular flexibility index (Phi) is 6.56. The molecule has 3 rings (SSSR count). The number of urea groups is 1. The van der Waals surface area contributed by atoms with Crippen LogP contribution in [-0.2, 0) is 20.9 Å². The molecule has 4 amide bonds. The second kappa shape index (κ2) is 9.29. The summed E-state index contributed by atoms with van der Waals surface area (Å²) in [6, 6.07) is 12.9. The number of nitrogens with zero attached hydrogens (tertiary/aromatic N) is 2. The number of rotatable bonds is 8. The number of nitrogens with one attached hydrogen (secondary N) is 1. The van der Waals surface area contributed by atoms with E-state index in [0.717, 1.165) is 10.5 Å². The van der Waals surface area contributed by atoms with Crippen molar-refractivity contribution in [2.75, 3.05) is 25.2 Å². The number of halogens is 1. The van der Waals surface area contributed by atoms with Crippen molar-refractivity contribution in [3.63, 3.8) is 0 Å². The molecule has 0 radical (unpaired) electrons. The summed E-state index contributed by atoms with van der Waals surface area (Å²) in [5, 5.41) is 2.77. The molecule has 0 aromatic heterocycles. The predicted molar refractivity (Wildman–Crippen MR) is 105 cm³/mol. The van der Waals surface area contributed by atoms with E-state index in [-0.39, 0.29) is 31.2 Å². The van der Waals surface area contributed by atoms with Gasteiger partial charge in [-0.25, -0.2) is 14.1 Å². The molecule has 2 aromatic carbocycles. The molecule has 0 spiro atoms. The highest BCUT2D eigenvalue weighted by molar-refractivity contribution is 6.22. The van der Waals surface area contributed by atoms with Crippen LogP contribution in [0.5, 0.6) is 0 Å². The van der Waals surface area contributed by atoms with Gasteiger partial charge in [-0.15, -0.1) is 0 Å². The van der Waals surface area contributed by atoms with Crippen molar-refractivity contribution in [2.45, 2.75) is 19.0 Å². The molecular weight excluding hydrogens is 377 g/mol. The average molecular weight is 399 g/mol. The maximum absolute atomic E-state index is 13.2. The normalized spacial score (nSPS) is 16.4. The molecule has 0 unspecified atom stereocenters. The number of hydrogen-bond donors (Lipinski definition) is 1. The van der Waals surface area contributed by atoms with Gasteiger partial charge < -0.3 is 15.0 Å². The molecule has 8 heteroatoms. The van der Waals surface area contributed by atoms with Crippen molar-refractivity contribution in [2.24, 2.45) is 0 Å². The van der Waals surface area contributed by atoms with Gasteiger partial charge in [0.15, 0.2) is 0 Å². The SMILES string of the molecule is COCCN1C(=O)N(c2ccc(F)cc2)C(=O)[C@@H]1CC(=O)NCc1ccccc1. The zero-order chi connectivity index (χ0) is 20.8. The zero-order valence-corrected chi connectivity index (χ0v) is 16.0. The summed E-state index contributed by atoms with van der Waals surface area (Å²) >= 11 is 0. The molecule has 0 saturated carbocycles. The standard InChI is InChI=1S/C21H22FN3O4/c1-29-12-11-24-18(13-19(26)23-14-15-5-3-2-4-6-15)20(27)25(21(24)28)17-9-7-16(22)8-10-17/h2-10,18H,11-14H2,1H3,(H,23,26)/t18-/m0/s1. The van der Waals surface area contributed by atoms with E-state index in [1.54, 1.807) is 0 Å². The van der Waals surface area contributed by atoms with Gasteiger partial charge in [-0.2, -0.15) is 0 Å². The highest BCUT2D eigenvalue weighted by Crippen LogP contribution is 2.27. The van der Waals surface area contributed by atoms with E-state index in [2.05, 4.69) is 5.32 Å². The van der Waals surface area contributed by atoms with Crippen molar-refractivity contribution in [1.82, 2.24) is 10.2 Å². The van der Waals surface area contributed by atoms with Crippen LogP contribution in [0.4, 0.5) is 14.9 Å². The maximum Gasteiger partial charge on any atom is 0.332 e. The van der Waals surface area contributed by atoms with Gasteiger partial charge in [-0.3, -0.25) is 9.59 Å². The van der Waals surface area contributed by atoms with Crippen LogP contribution in [0.2, 0.25) is 0 Å². The number of benzene rings is 2. The lowest BCUT2D eigenvalue weighted by Crippen LogP contribution is -2.41. The molecule has 29 heavy (non-hydrogen) atoms. The van der Waals surface area contributed by atoms with Crippen molar-refractivity contribution in [3.05, 3.63) is 66.0 Å². The van der Waals surface area contributed by atoms with Gasteiger partial charge >= 0.3 is 6.03 Å². The lowest BCUT2D eigenvalue weighted by molar-refractivity contribution is -0.127. The minimum atomic E-state index is -0.946. The highest BCUT2D eigenvalue weighted by atomic mass is 19.1. The molecule has 1 heterocycles. The fourth-order valence-electron chi connectivity index (χ4n) is 3.15. The third kappa shape index (κ3) is 4.78. The molecule has 2 aromatic rings. The Labute approximate surface area is 168 Å². The minimum absolute atomic E-state index is 0.162. The van der Waals surface area contributed by atoms with Crippen LogP contribution in [0.3, 0.4) is 0 Å². The van der Waals surface area contributed by atoms with Crippen LogP contribution in [0.1, 0.15) is 12.0 Å². The molecule has 1 saturated heterocycles. The summed E-state index contributed by atoms with van der Waals surface area (Å²) in [5.41, 5.74) is 1.19. The molecule has 7 nitrogen and oxygen atoms in total. The molecule has 1 aliphatic rings. The first kappa shape index (κ1) is 20.5. The van der Waals surface area contributed by atoms with Crippen LogP contribution in [0.25, 0.3) is 0 Å². The average Bonchev–Trinajstić information content (AvgIpc) is 2.96. The van der Waals surface area contributed by atoms with E-state index in [1.165, 1.54) is 36.3 Å². The maximum atomic E-state index is 13.2. The minimum Gasteiger partial charge on any atom is -0.383 e. The smallest absolute Gasteiger partial charge is 0.332 e. The van der Waals surface area contributed by atoms with Crippen LogP contribution in [0, 0.1) is 5.82 Å². The molecule has 1 atom stereocenters. The summed E-state index contributed by atoms with van der Waals surface area (Å²) < 4.78 is 18.2. The first-order valence-corrected chi connectivity index (χ1v) is 9.21. The van der Waals surface area contributed by atoms with E-state index < -0.39 is 23.8 Å². The number of amides is 4. The first-order chi connectivity index (χ1) is 14.0. The Balaban J connectivity index is 1.73. The molecule has 1 fully saturated rings. The molecule has 1 aliphatic heterocycles. The Bertz CT molecular complexity index is 873. The van der Waals surface area contributed by atoms with Crippen LogP contribution >= 0.6 is 0 Å². The van der Waals surface area contributed by atoms with Crippen LogP contribution in [-0.4, -0.2) is 49.0 Å². The van der Waals surface area contributed by atoms with Gasteiger partial charge in [0.1, 0.15) is 11.9 Å². The Morgan fingerprint density at radius 3 is 2.45 bits per heavy atom. The molecule has 1 N–H and O–H groups in total. The summed E-state index contributed by atoms with van der Waals surface area (Å²) in [6.07, 6.45) is -0.168.